The Morgan fingerprint density at radius 3 is 2.58 bits per heavy atom. The van der Waals surface area contributed by atoms with Gasteiger partial charge in [0.05, 0.1) is 18.2 Å². The van der Waals surface area contributed by atoms with Crippen LogP contribution in [0.5, 0.6) is 11.5 Å². The lowest BCUT2D eigenvalue weighted by atomic mass is 10.00. The molecule has 1 saturated heterocycles. The number of carbonyl (C=O) groups is 1. The first kappa shape index (κ1) is 23.8. The van der Waals surface area contributed by atoms with E-state index in [0.717, 1.165) is 57.2 Å². The number of aliphatic hydroxyl groups excluding tert-OH is 1. The van der Waals surface area contributed by atoms with Crippen molar-refractivity contribution in [1.29, 1.82) is 0 Å². The van der Waals surface area contributed by atoms with Gasteiger partial charge in [0.2, 0.25) is 0 Å². The van der Waals surface area contributed by atoms with Crippen LogP contribution in [0.2, 0.25) is 0 Å². The third-order valence-corrected chi connectivity index (χ3v) is 8.04. The van der Waals surface area contributed by atoms with E-state index in [4.69, 9.17) is 9.47 Å². The summed E-state index contributed by atoms with van der Waals surface area (Å²) in [6.07, 6.45) is 5.39. The van der Waals surface area contributed by atoms with Crippen molar-refractivity contribution in [2.24, 2.45) is 0 Å². The largest absolute Gasteiger partial charge is 0.491 e. The lowest BCUT2D eigenvalue weighted by Crippen LogP contribution is -2.44. The van der Waals surface area contributed by atoms with Crippen molar-refractivity contribution >= 4 is 5.91 Å². The highest BCUT2D eigenvalue weighted by molar-refractivity contribution is 5.97. The summed E-state index contributed by atoms with van der Waals surface area (Å²) < 4.78 is 12.2. The van der Waals surface area contributed by atoms with E-state index in [9.17, 15) is 9.90 Å². The van der Waals surface area contributed by atoms with Crippen LogP contribution in [-0.4, -0.2) is 89.8 Å². The van der Waals surface area contributed by atoms with Gasteiger partial charge < -0.3 is 24.4 Å². The van der Waals surface area contributed by atoms with Crippen LogP contribution in [0.15, 0.2) is 42.5 Å². The average molecular weight is 492 g/mol. The molecule has 192 valence electrons. The minimum Gasteiger partial charge on any atom is -0.491 e. The van der Waals surface area contributed by atoms with E-state index in [1.807, 2.05) is 18.2 Å². The molecule has 3 heterocycles. The highest BCUT2D eigenvalue weighted by Crippen LogP contribution is 2.32. The van der Waals surface area contributed by atoms with E-state index in [2.05, 4.69) is 34.1 Å². The fourth-order valence-electron chi connectivity index (χ4n) is 5.90. The molecule has 1 aliphatic carbocycles. The Labute approximate surface area is 213 Å². The van der Waals surface area contributed by atoms with Gasteiger partial charge in [0.25, 0.3) is 5.91 Å². The normalized spacial score (nSPS) is 22.4. The van der Waals surface area contributed by atoms with E-state index < -0.39 is 6.10 Å². The number of carbonyl (C=O) groups excluding carboxylic acids is 1. The Bertz CT molecular complexity index is 1080. The maximum atomic E-state index is 13.3. The maximum Gasteiger partial charge on any atom is 0.257 e. The van der Waals surface area contributed by atoms with Crippen LogP contribution in [0.25, 0.3) is 0 Å². The Balaban J connectivity index is 1.04. The molecule has 7 nitrogen and oxygen atoms in total. The van der Waals surface area contributed by atoms with Crippen molar-refractivity contribution in [3.8, 4) is 11.5 Å². The second-order valence-corrected chi connectivity index (χ2v) is 10.7. The molecule has 1 N–H and O–H groups in total. The fourth-order valence-corrected chi connectivity index (χ4v) is 5.90. The van der Waals surface area contributed by atoms with Gasteiger partial charge in [-0.3, -0.25) is 9.69 Å². The topological polar surface area (TPSA) is 65.5 Å². The number of β-amino-alcohol motifs (C(OH)–C–C–N with tert-alkyl or cyclic N) is 1. The van der Waals surface area contributed by atoms with Gasteiger partial charge in [-0.25, -0.2) is 0 Å². The van der Waals surface area contributed by atoms with Crippen molar-refractivity contribution in [1.82, 2.24) is 14.7 Å². The van der Waals surface area contributed by atoms with Gasteiger partial charge in [0, 0.05) is 51.4 Å². The second kappa shape index (κ2) is 10.4. The molecule has 0 spiro atoms. The van der Waals surface area contributed by atoms with E-state index in [1.165, 1.54) is 24.0 Å². The highest BCUT2D eigenvalue weighted by Gasteiger charge is 2.33. The molecular weight excluding hydrogens is 454 g/mol. The van der Waals surface area contributed by atoms with Crippen molar-refractivity contribution in [2.75, 3.05) is 45.9 Å². The molecule has 0 radical (unpaired) electrons. The molecule has 7 heteroatoms. The smallest absolute Gasteiger partial charge is 0.257 e. The monoisotopic (exact) mass is 491 g/mol. The average Bonchev–Trinajstić information content (AvgIpc) is 3.75. The van der Waals surface area contributed by atoms with Crippen molar-refractivity contribution in [2.45, 2.75) is 56.9 Å². The molecular formula is C29H37N3O4. The van der Waals surface area contributed by atoms with E-state index in [0.29, 0.717) is 37.6 Å². The number of aliphatic hydroxyl groups is 1. The molecule has 1 atom stereocenters. The van der Waals surface area contributed by atoms with Crippen LogP contribution >= 0.6 is 0 Å². The summed E-state index contributed by atoms with van der Waals surface area (Å²) in [7, 11) is 0. The zero-order chi connectivity index (χ0) is 24.5. The Kier molecular flexibility index (Phi) is 6.87. The van der Waals surface area contributed by atoms with Gasteiger partial charge in [0.15, 0.2) is 0 Å². The standard InChI is InChI=1S/C29H37N3O4/c33-24(19-30-12-9-21-3-1-2-4-22(21)18-30)20-32-15-16-35-28-17-26(7-8-27(28)29(32)34)36-25-10-13-31(14-11-25)23-5-6-23/h1-4,7-8,17,23-25,33H,5-6,9-16,18-20H2. The van der Waals surface area contributed by atoms with Crippen LogP contribution in [0.1, 0.15) is 47.2 Å². The van der Waals surface area contributed by atoms with E-state index in [-0.39, 0.29) is 12.0 Å². The third kappa shape index (κ3) is 5.38. The summed E-state index contributed by atoms with van der Waals surface area (Å²) in [6, 6.07) is 14.9. The van der Waals surface area contributed by atoms with Crippen LogP contribution in [0.3, 0.4) is 0 Å². The number of amides is 1. The number of hydrogen-bond donors (Lipinski definition) is 1. The molecule has 1 saturated carbocycles. The number of nitrogens with zero attached hydrogens (tertiary/aromatic N) is 3. The number of piperidine rings is 1. The predicted molar refractivity (Wildman–Crippen MR) is 138 cm³/mol. The van der Waals surface area contributed by atoms with Gasteiger partial charge >= 0.3 is 0 Å². The van der Waals surface area contributed by atoms with E-state index in [1.54, 1.807) is 4.90 Å². The summed E-state index contributed by atoms with van der Waals surface area (Å²) in [5.41, 5.74) is 3.27. The molecule has 0 bridgehead atoms. The molecule has 36 heavy (non-hydrogen) atoms. The van der Waals surface area contributed by atoms with Crippen LogP contribution in [0, 0.1) is 0 Å². The molecule has 1 unspecified atom stereocenters. The molecule has 3 aliphatic heterocycles. The molecule has 4 aliphatic rings. The van der Waals surface area contributed by atoms with Gasteiger partial charge in [-0.15, -0.1) is 0 Å². The third-order valence-electron chi connectivity index (χ3n) is 8.04. The summed E-state index contributed by atoms with van der Waals surface area (Å²) in [4.78, 5) is 19.9. The number of fused-ring (bicyclic) bond motifs is 2. The minimum atomic E-state index is -0.607. The zero-order valence-electron chi connectivity index (χ0n) is 21.0. The Morgan fingerprint density at radius 2 is 1.78 bits per heavy atom. The van der Waals surface area contributed by atoms with E-state index >= 15 is 0 Å². The summed E-state index contributed by atoms with van der Waals surface area (Å²) >= 11 is 0. The molecule has 2 aromatic rings. The number of rotatable bonds is 7. The number of likely N-dealkylation sites (tertiary alicyclic amines) is 1. The molecule has 2 aromatic carbocycles. The van der Waals surface area contributed by atoms with Crippen molar-refractivity contribution in [3.63, 3.8) is 0 Å². The van der Waals surface area contributed by atoms with Crippen LogP contribution < -0.4 is 9.47 Å². The number of benzene rings is 2. The first-order valence-electron chi connectivity index (χ1n) is 13.6. The van der Waals surface area contributed by atoms with Gasteiger partial charge in [-0.2, -0.15) is 0 Å². The van der Waals surface area contributed by atoms with Crippen LogP contribution in [0.4, 0.5) is 0 Å². The highest BCUT2D eigenvalue weighted by atomic mass is 16.5. The summed E-state index contributed by atoms with van der Waals surface area (Å²) in [6.45, 7) is 5.71. The lowest BCUT2D eigenvalue weighted by molar-refractivity contribution is 0.0501. The van der Waals surface area contributed by atoms with Gasteiger partial charge in [-0.05, 0) is 55.4 Å². The SMILES string of the molecule is O=C1c2ccc(OC3CCN(C4CC4)CC3)cc2OCCN1CC(O)CN1CCc2ccccc2C1. The summed E-state index contributed by atoms with van der Waals surface area (Å²) in [5, 5.41) is 10.8. The van der Waals surface area contributed by atoms with Crippen molar-refractivity contribution < 1.29 is 19.4 Å². The maximum absolute atomic E-state index is 13.3. The van der Waals surface area contributed by atoms with Crippen molar-refractivity contribution in [3.05, 3.63) is 59.2 Å². The second-order valence-electron chi connectivity index (χ2n) is 10.7. The lowest BCUT2D eigenvalue weighted by Gasteiger charge is -2.32. The predicted octanol–water partition coefficient (Wildman–Crippen LogP) is 2.95. The molecule has 0 aromatic heterocycles. The van der Waals surface area contributed by atoms with Crippen LogP contribution in [-0.2, 0) is 13.0 Å². The molecule has 1 amide bonds. The summed E-state index contributed by atoms with van der Waals surface area (Å²) in [5.74, 6) is 1.26. The molecule has 2 fully saturated rings. The van der Waals surface area contributed by atoms with Gasteiger partial charge in [0.1, 0.15) is 24.2 Å². The zero-order valence-corrected chi connectivity index (χ0v) is 21.0. The first-order valence-corrected chi connectivity index (χ1v) is 13.6. The number of hydrogen-bond acceptors (Lipinski definition) is 6. The Morgan fingerprint density at radius 1 is 0.972 bits per heavy atom. The Hall–Kier alpha value is -2.61. The van der Waals surface area contributed by atoms with Gasteiger partial charge in [-0.1, -0.05) is 24.3 Å². The minimum absolute atomic E-state index is 0.0881. The molecule has 6 rings (SSSR count). The quantitative estimate of drug-likeness (QED) is 0.643. The first-order chi connectivity index (χ1) is 17.6. The number of ether oxygens (including phenoxy) is 2. The fraction of sp³-hybridized carbons (Fsp3) is 0.552.